The number of anilines is 2. The van der Waals surface area contributed by atoms with Gasteiger partial charge in [-0.3, -0.25) is 19.2 Å². The second-order valence-electron chi connectivity index (χ2n) is 9.73. The number of benzene rings is 2. The average Bonchev–Trinajstić information content (AvgIpc) is 2.97. The van der Waals surface area contributed by atoms with Gasteiger partial charge in [-0.15, -0.1) is 0 Å². The summed E-state index contributed by atoms with van der Waals surface area (Å²) in [7, 11) is -3.10. The smallest absolute Gasteiger partial charge is 0.303 e. The number of nitrogens with zero attached hydrogens (tertiary/aromatic N) is 2. The van der Waals surface area contributed by atoms with Gasteiger partial charge in [-0.25, -0.2) is 9.19 Å². The van der Waals surface area contributed by atoms with Crippen molar-refractivity contribution >= 4 is 56.6 Å². The lowest BCUT2D eigenvalue weighted by Gasteiger charge is -2.10. The highest BCUT2D eigenvalue weighted by atomic mass is 35.5. The molecule has 44 heavy (non-hydrogen) atoms. The van der Waals surface area contributed by atoms with Crippen LogP contribution in [0.25, 0.3) is 0 Å². The molecule has 2 aromatic carbocycles. The number of nitrogen functional groups attached to an aromatic ring is 1. The molecule has 0 spiro atoms. The van der Waals surface area contributed by atoms with Gasteiger partial charge in [0.2, 0.25) is 0 Å². The van der Waals surface area contributed by atoms with Gasteiger partial charge in [0.1, 0.15) is 5.82 Å². The van der Waals surface area contributed by atoms with Gasteiger partial charge in [-0.05, 0) is 68.1 Å². The van der Waals surface area contributed by atoms with Crippen molar-refractivity contribution in [3.63, 3.8) is 0 Å². The number of rotatable bonds is 13. The number of carboxylic acids is 2. The molecule has 2 amide bonds. The van der Waals surface area contributed by atoms with Crippen molar-refractivity contribution in [2.45, 2.75) is 38.5 Å². The first-order valence-electron chi connectivity index (χ1n) is 13.6. The van der Waals surface area contributed by atoms with E-state index in [2.05, 4.69) is 26.5 Å². The van der Waals surface area contributed by atoms with E-state index in [1.807, 2.05) is 0 Å². The van der Waals surface area contributed by atoms with Crippen LogP contribution in [-0.2, 0) is 19.3 Å². The van der Waals surface area contributed by atoms with E-state index in [9.17, 15) is 23.4 Å². The minimum absolute atomic E-state index is 0.00164. The lowest BCUT2D eigenvalue weighted by molar-refractivity contribution is -0.138. The maximum absolute atomic E-state index is 13.5. The van der Waals surface area contributed by atoms with Gasteiger partial charge < -0.3 is 21.3 Å². The Morgan fingerprint density at radius 1 is 0.886 bits per heavy atom. The molecule has 0 unspecified atom stereocenters. The lowest BCUT2D eigenvalue weighted by atomic mass is 10.1. The number of nitrogens with two attached hydrogens (primary N) is 1. The Morgan fingerprint density at radius 2 is 1.55 bits per heavy atom. The lowest BCUT2D eigenvalue weighted by Crippen LogP contribution is -2.15. The fraction of sp³-hybridized carbons (Fsp3) is 0.258. The van der Waals surface area contributed by atoms with Crippen molar-refractivity contribution in [2.75, 3.05) is 22.6 Å². The fourth-order valence-electron chi connectivity index (χ4n) is 3.94. The maximum Gasteiger partial charge on any atom is 0.303 e. The number of carbonyl (C=O) groups is 4. The summed E-state index contributed by atoms with van der Waals surface area (Å²) in [6.45, 7) is 0. The Kier molecular flexibility index (Phi) is 12.4. The molecule has 0 aliphatic rings. The molecule has 0 aliphatic heterocycles. The summed E-state index contributed by atoms with van der Waals surface area (Å²) in [6, 6.07) is 14.7. The van der Waals surface area contributed by atoms with E-state index in [0.717, 1.165) is 0 Å². The zero-order valence-corrected chi connectivity index (χ0v) is 25.2. The van der Waals surface area contributed by atoms with Crippen molar-refractivity contribution < 1.29 is 33.6 Å². The first kappa shape index (κ1) is 33.8. The second kappa shape index (κ2) is 16.2. The van der Waals surface area contributed by atoms with E-state index in [1.165, 1.54) is 12.3 Å². The number of unbranched alkanes of at least 4 members (excludes halogenated alkanes) is 2. The molecule has 0 radical (unpaired) electrons. The van der Waals surface area contributed by atoms with Crippen molar-refractivity contribution in [3.8, 4) is 11.8 Å². The van der Waals surface area contributed by atoms with Crippen molar-refractivity contribution in [1.29, 1.82) is 0 Å². The summed E-state index contributed by atoms with van der Waals surface area (Å²) in [4.78, 5) is 51.3. The molecule has 5 N–H and O–H groups in total. The maximum atomic E-state index is 13.5. The van der Waals surface area contributed by atoms with Crippen LogP contribution in [0.2, 0.25) is 5.02 Å². The summed E-state index contributed by atoms with van der Waals surface area (Å²) in [5.41, 5.74) is 7.66. The molecule has 3 rings (SSSR count). The third-order valence-electron chi connectivity index (χ3n) is 6.17. The van der Waals surface area contributed by atoms with Gasteiger partial charge in [-0.2, -0.15) is 4.36 Å². The minimum Gasteiger partial charge on any atom is -0.481 e. The van der Waals surface area contributed by atoms with Gasteiger partial charge in [0.15, 0.2) is 0 Å². The number of carboxylic acid groups (broad SMARTS) is 2. The summed E-state index contributed by atoms with van der Waals surface area (Å²) in [5.74, 6) is 2.74. The molecule has 0 atom stereocenters. The van der Waals surface area contributed by atoms with E-state index in [-0.39, 0.29) is 72.9 Å². The van der Waals surface area contributed by atoms with E-state index >= 15 is 0 Å². The number of amides is 2. The minimum atomic E-state index is -3.10. The zero-order valence-electron chi connectivity index (χ0n) is 23.6. The molecule has 11 nitrogen and oxygen atoms in total. The molecule has 0 saturated carbocycles. The van der Waals surface area contributed by atoms with Crippen molar-refractivity contribution in [2.24, 2.45) is 4.36 Å². The number of carbonyl (C=O) groups excluding carboxylic acids is 2. The van der Waals surface area contributed by atoms with Gasteiger partial charge in [0, 0.05) is 52.4 Å². The third-order valence-corrected chi connectivity index (χ3v) is 8.76. The predicted octanol–water partition coefficient (Wildman–Crippen LogP) is 5.09. The van der Waals surface area contributed by atoms with E-state index in [1.54, 1.807) is 48.5 Å². The number of halogens is 1. The molecule has 230 valence electrons. The standard InChI is InChI=1S/C31H31ClN4O7S/c32-25-9-6-8-23(19-25)30(41)35-26-10-5-7-21(17-26)13-14-22-18-24(20-34-29(22)33)31(42)36-44(43,15-3-1-11-27(37)38)16-4-2-12-28(39)40/h5-10,17-20H,1-4,11-12,15-16H2,(H2,33,34)(H,35,41)(H,37,38)(H,39,40). The van der Waals surface area contributed by atoms with Crippen LogP contribution >= 0.6 is 11.6 Å². The number of aliphatic carboxylic acids is 2. The summed E-state index contributed by atoms with van der Waals surface area (Å²) < 4.78 is 17.5. The van der Waals surface area contributed by atoms with Crippen molar-refractivity contribution in [3.05, 3.63) is 88.1 Å². The van der Waals surface area contributed by atoms with Gasteiger partial charge in [0.25, 0.3) is 11.8 Å². The third kappa shape index (κ3) is 11.2. The van der Waals surface area contributed by atoms with Crippen LogP contribution in [0.4, 0.5) is 11.5 Å². The number of hydrogen-bond acceptors (Lipinski definition) is 7. The highest BCUT2D eigenvalue weighted by Crippen LogP contribution is 2.17. The molecule has 3 aromatic rings. The summed E-state index contributed by atoms with van der Waals surface area (Å²) in [5, 5.41) is 21.0. The highest BCUT2D eigenvalue weighted by Gasteiger charge is 2.16. The molecule has 0 bridgehead atoms. The Morgan fingerprint density at radius 3 is 2.18 bits per heavy atom. The SMILES string of the molecule is Nc1ncc(C(=O)N=S(=O)(CCCCC(=O)O)CCCCC(=O)O)cc1C#Cc1cccc(NC(=O)c2cccc(Cl)c2)c1. The summed E-state index contributed by atoms with van der Waals surface area (Å²) in [6.07, 6.45) is 2.06. The van der Waals surface area contributed by atoms with Crippen LogP contribution in [0.3, 0.4) is 0 Å². The first-order chi connectivity index (χ1) is 20.9. The van der Waals surface area contributed by atoms with E-state index in [4.69, 9.17) is 27.5 Å². The molecule has 1 heterocycles. The second-order valence-corrected chi connectivity index (χ2v) is 12.7. The molecular formula is C31H31ClN4O7S. The van der Waals surface area contributed by atoms with Gasteiger partial charge >= 0.3 is 11.9 Å². The number of aromatic nitrogens is 1. The fourth-order valence-corrected chi connectivity index (χ4v) is 6.24. The first-order valence-corrected chi connectivity index (χ1v) is 15.8. The number of pyridine rings is 1. The van der Waals surface area contributed by atoms with Crippen LogP contribution in [-0.4, -0.2) is 54.7 Å². The summed E-state index contributed by atoms with van der Waals surface area (Å²) >= 11 is 5.97. The topological polar surface area (TPSA) is 189 Å². The zero-order chi connectivity index (χ0) is 32.1. The Bertz CT molecular complexity index is 1710. The Balaban J connectivity index is 1.79. The number of nitrogens with one attached hydrogen (secondary N) is 1. The predicted molar refractivity (Wildman–Crippen MR) is 168 cm³/mol. The van der Waals surface area contributed by atoms with Crippen LogP contribution < -0.4 is 11.1 Å². The van der Waals surface area contributed by atoms with Crippen LogP contribution in [0.15, 0.2) is 65.2 Å². The normalized spacial score (nSPS) is 10.8. The molecular weight excluding hydrogens is 608 g/mol. The highest BCUT2D eigenvalue weighted by molar-refractivity contribution is 7.93. The molecule has 0 fully saturated rings. The molecule has 13 heteroatoms. The quantitative estimate of drug-likeness (QED) is 0.146. The van der Waals surface area contributed by atoms with E-state index in [0.29, 0.717) is 21.8 Å². The number of hydrogen-bond donors (Lipinski definition) is 4. The van der Waals surface area contributed by atoms with Crippen LogP contribution in [0, 0.1) is 11.8 Å². The van der Waals surface area contributed by atoms with Crippen LogP contribution in [0.5, 0.6) is 0 Å². The molecule has 0 saturated heterocycles. The molecule has 1 aromatic heterocycles. The monoisotopic (exact) mass is 638 g/mol. The largest absolute Gasteiger partial charge is 0.481 e. The Labute approximate surface area is 260 Å². The van der Waals surface area contributed by atoms with Gasteiger partial charge in [-0.1, -0.05) is 35.6 Å². The Hall–Kier alpha value is -4.73. The van der Waals surface area contributed by atoms with Crippen LogP contribution in [0.1, 0.15) is 70.4 Å². The van der Waals surface area contributed by atoms with Gasteiger partial charge in [0.05, 0.1) is 20.9 Å². The average molecular weight is 639 g/mol. The van der Waals surface area contributed by atoms with E-state index < -0.39 is 27.6 Å². The molecule has 0 aliphatic carbocycles. The van der Waals surface area contributed by atoms with Crippen molar-refractivity contribution in [1.82, 2.24) is 4.98 Å².